The number of anilines is 2. The molecule has 0 aromatic carbocycles. The van der Waals surface area contributed by atoms with Crippen molar-refractivity contribution in [2.24, 2.45) is 0 Å². The number of nitrogen functional groups attached to an aromatic ring is 1. The Labute approximate surface area is 132 Å². The number of nitrogens with zero attached hydrogens (tertiary/aromatic N) is 4. The third kappa shape index (κ3) is 3.06. The predicted octanol–water partition coefficient (Wildman–Crippen LogP) is 2.95. The van der Waals surface area contributed by atoms with Crippen LogP contribution in [-0.4, -0.2) is 28.5 Å². The molecule has 0 spiro atoms. The number of hydrogen-bond donors (Lipinski definition) is 1. The van der Waals surface area contributed by atoms with Gasteiger partial charge in [-0.25, -0.2) is 9.97 Å². The van der Waals surface area contributed by atoms with Crippen molar-refractivity contribution < 1.29 is 0 Å². The fourth-order valence-corrected chi connectivity index (χ4v) is 3.48. The molecular formula is C14H16ClN5S. The number of pyridine rings is 1. The second-order valence-corrected chi connectivity index (χ2v) is 6.76. The number of aromatic nitrogens is 3. The molecule has 21 heavy (non-hydrogen) atoms. The van der Waals surface area contributed by atoms with Crippen molar-refractivity contribution in [3.63, 3.8) is 0 Å². The first kappa shape index (κ1) is 14.4. The van der Waals surface area contributed by atoms with Crippen molar-refractivity contribution in [2.75, 3.05) is 24.2 Å². The molecule has 7 heteroatoms. The molecule has 0 aliphatic carbocycles. The summed E-state index contributed by atoms with van der Waals surface area (Å²) in [4.78, 5) is 15.2. The first-order chi connectivity index (χ1) is 10.0. The van der Waals surface area contributed by atoms with E-state index in [9.17, 15) is 0 Å². The number of fused-ring (bicyclic) bond motifs is 1. The van der Waals surface area contributed by atoms with Gasteiger partial charge in [0.1, 0.15) is 11.0 Å². The van der Waals surface area contributed by atoms with Crippen molar-refractivity contribution in [1.82, 2.24) is 15.0 Å². The molecule has 1 atom stereocenters. The topological polar surface area (TPSA) is 67.9 Å². The van der Waals surface area contributed by atoms with Gasteiger partial charge < -0.3 is 10.6 Å². The maximum absolute atomic E-state index is 5.91. The SMILES string of the molecule is CC(Sc1nc(N)cc(Cl)n1)c1cc2c(cn1)N(C)CC2. The lowest BCUT2D eigenvalue weighted by molar-refractivity contribution is 0.942. The van der Waals surface area contributed by atoms with Gasteiger partial charge in [-0.05, 0) is 25.0 Å². The van der Waals surface area contributed by atoms with E-state index in [0.29, 0.717) is 16.1 Å². The second-order valence-electron chi connectivity index (χ2n) is 5.07. The summed E-state index contributed by atoms with van der Waals surface area (Å²) in [5.74, 6) is 0.383. The molecule has 0 fully saturated rings. The summed E-state index contributed by atoms with van der Waals surface area (Å²) in [6, 6.07) is 3.71. The normalized spacial score (nSPS) is 15.1. The minimum Gasteiger partial charge on any atom is -0.384 e. The molecule has 2 aromatic rings. The average Bonchev–Trinajstić information content (AvgIpc) is 2.78. The van der Waals surface area contributed by atoms with Crippen LogP contribution in [0, 0.1) is 0 Å². The van der Waals surface area contributed by atoms with E-state index >= 15 is 0 Å². The molecule has 1 aliphatic rings. The van der Waals surface area contributed by atoms with Crippen LogP contribution >= 0.6 is 23.4 Å². The molecule has 5 nitrogen and oxygen atoms in total. The van der Waals surface area contributed by atoms with Gasteiger partial charge in [0.2, 0.25) is 0 Å². The third-order valence-corrected chi connectivity index (χ3v) is 4.69. The Kier molecular flexibility index (Phi) is 3.91. The lowest BCUT2D eigenvalue weighted by Gasteiger charge is -2.14. The van der Waals surface area contributed by atoms with E-state index in [-0.39, 0.29) is 5.25 Å². The number of halogens is 1. The molecule has 2 aromatic heterocycles. The van der Waals surface area contributed by atoms with Crippen LogP contribution in [0.4, 0.5) is 11.5 Å². The Morgan fingerprint density at radius 1 is 1.38 bits per heavy atom. The van der Waals surface area contributed by atoms with Crippen molar-refractivity contribution >= 4 is 34.9 Å². The fraction of sp³-hybridized carbons (Fsp3) is 0.357. The van der Waals surface area contributed by atoms with E-state index in [0.717, 1.165) is 18.7 Å². The molecule has 3 rings (SSSR count). The molecule has 0 bridgehead atoms. The molecule has 0 saturated heterocycles. The van der Waals surface area contributed by atoms with Gasteiger partial charge in [-0.1, -0.05) is 23.4 Å². The summed E-state index contributed by atoms with van der Waals surface area (Å²) in [6.07, 6.45) is 3.02. The molecule has 1 aliphatic heterocycles. The zero-order valence-corrected chi connectivity index (χ0v) is 13.4. The average molecular weight is 322 g/mol. The molecule has 0 saturated carbocycles. The van der Waals surface area contributed by atoms with Crippen LogP contribution in [0.2, 0.25) is 5.15 Å². The molecule has 110 valence electrons. The lowest BCUT2D eigenvalue weighted by atomic mass is 10.1. The highest BCUT2D eigenvalue weighted by atomic mass is 35.5. The van der Waals surface area contributed by atoms with Crippen molar-refractivity contribution in [3.8, 4) is 0 Å². The number of rotatable bonds is 3. The van der Waals surface area contributed by atoms with Crippen molar-refractivity contribution in [1.29, 1.82) is 0 Å². The smallest absolute Gasteiger partial charge is 0.191 e. The minimum absolute atomic E-state index is 0.138. The minimum atomic E-state index is 0.138. The Hall–Kier alpha value is -1.53. The van der Waals surface area contributed by atoms with E-state index in [1.54, 1.807) is 6.07 Å². The number of nitrogens with two attached hydrogens (primary N) is 1. The van der Waals surface area contributed by atoms with Crippen molar-refractivity contribution in [3.05, 3.63) is 34.7 Å². The van der Waals surface area contributed by atoms with Crippen LogP contribution in [0.15, 0.2) is 23.5 Å². The molecule has 2 N–H and O–H groups in total. The van der Waals surface area contributed by atoms with E-state index in [4.69, 9.17) is 17.3 Å². The number of thioether (sulfide) groups is 1. The number of hydrogen-bond acceptors (Lipinski definition) is 6. The maximum Gasteiger partial charge on any atom is 0.191 e. The second kappa shape index (κ2) is 5.69. The van der Waals surface area contributed by atoms with Gasteiger partial charge >= 0.3 is 0 Å². The summed E-state index contributed by atoms with van der Waals surface area (Å²) < 4.78 is 0. The largest absolute Gasteiger partial charge is 0.384 e. The van der Waals surface area contributed by atoms with E-state index in [2.05, 4.69) is 39.9 Å². The van der Waals surface area contributed by atoms with Gasteiger partial charge in [0.15, 0.2) is 5.16 Å². The Bertz CT molecular complexity index is 658. The van der Waals surface area contributed by atoms with Gasteiger partial charge in [-0.2, -0.15) is 0 Å². The summed E-state index contributed by atoms with van der Waals surface area (Å²) in [5, 5.41) is 1.08. The van der Waals surface area contributed by atoms with Crippen LogP contribution in [-0.2, 0) is 6.42 Å². The van der Waals surface area contributed by atoms with Crippen LogP contribution in [0.5, 0.6) is 0 Å². The van der Waals surface area contributed by atoms with E-state index < -0.39 is 0 Å². The third-order valence-electron chi connectivity index (χ3n) is 3.51. The Morgan fingerprint density at radius 2 is 2.19 bits per heavy atom. The highest BCUT2D eigenvalue weighted by molar-refractivity contribution is 7.99. The number of likely N-dealkylation sites (N-methyl/N-ethyl adjacent to an activating group) is 1. The van der Waals surface area contributed by atoms with E-state index in [1.807, 2.05) is 6.20 Å². The molecule has 0 radical (unpaired) electrons. The molecule has 3 heterocycles. The van der Waals surface area contributed by atoms with Gasteiger partial charge in [-0.15, -0.1) is 0 Å². The summed E-state index contributed by atoms with van der Waals surface area (Å²) in [6.45, 7) is 3.13. The van der Waals surface area contributed by atoms with Gasteiger partial charge in [-0.3, -0.25) is 4.98 Å². The molecule has 1 unspecified atom stereocenters. The Morgan fingerprint density at radius 3 is 2.95 bits per heavy atom. The summed E-state index contributed by atoms with van der Waals surface area (Å²) in [5.41, 5.74) is 9.29. The molecule has 0 amide bonds. The predicted molar refractivity (Wildman–Crippen MR) is 86.9 cm³/mol. The zero-order valence-electron chi connectivity index (χ0n) is 11.9. The van der Waals surface area contributed by atoms with Gasteiger partial charge in [0.25, 0.3) is 0 Å². The first-order valence-electron chi connectivity index (χ1n) is 6.69. The highest BCUT2D eigenvalue weighted by Crippen LogP contribution is 2.35. The van der Waals surface area contributed by atoms with Crippen molar-refractivity contribution in [2.45, 2.75) is 23.8 Å². The summed E-state index contributed by atoms with van der Waals surface area (Å²) in [7, 11) is 2.09. The van der Waals surface area contributed by atoms with Crippen LogP contribution < -0.4 is 10.6 Å². The Balaban J connectivity index is 1.81. The van der Waals surface area contributed by atoms with Gasteiger partial charge in [0.05, 0.1) is 22.8 Å². The van der Waals surface area contributed by atoms with Gasteiger partial charge in [0, 0.05) is 19.7 Å². The van der Waals surface area contributed by atoms with Crippen LogP contribution in [0.3, 0.4) is 0 Å². The van der Waals surface area contributed by atoms with Crippen LogP contribution in [0.25, 0.3) is 0 Å². The molecular weight excluding hydrogens is 306 g/mol. The lowest BCUT2D eigenvalue weighted by Crippen LogP contribution is -2.12. The first-order valence-corrected chi connectivity index (χ1v) is 7.95. The fourth-order valence-electron chi connectivity index (χ4n) is 2.37. The highest BCUT2D eigenvalue weighted by Gasteiger charge is 2.19. The standard InChI is InChI=1S/C14H16ClN5S/c1-8(21-14-18-12(15)6-13(16)19-14)10-5-9-3-4-20(2)11(9)7-17-10/h5-8H,3-4H2,1-2H3,(H2,16,18,19). The quantitative estimate of drug-likeness (QED) is 0.532. The zero-order chi connectivity index (χ0) is 15.0. The maximum atomic E-state index is 5.91. The monoisotopic (exact) mass is 321 g/mol. The summed E-state index contributed by atoms with van der Waals surface area (Å²) >= 11 is 7.42. The van der Waals surface area contributed by atoms with Crippen LogP contribution in [0.1, 0.15) is 23.4 Å². The van der Waals surface area contributed by atoms with E-state index in [1.165, 1.54) is 23.0 Å².